The summed E-state index contributed by atoms with van der Waals surface area (Å²) >= 11 is 0. The van der Waals surface area contributed by atoms with Gasteiger partial charge in [0.2, 0.25) is 0 Å². The van der Waals surface area contributed by atoms with E-state index in [1.54, 1.807) is 7.11 Å². The number of ether oxygens (including phenoxy) is 2. The van der Waals surface area contributed by atoms with Crippen molar-refractivity contribution in [3.05, 3.63) is 0 Å². The number of hydrogen-bond acceptors (Lipinski definition) is 4. The molecule has 1 heterocycles. The van der Waals surface area contributed by atoms with Gasteiger partial charge in [0.15, 0.2) is 0 Å². The molecule has 4 heteroatoms. The molecular formula is C12H26N2O2. The molecule has 0 amide bonds. The third-order valence-corrected chi connectivity index (χ3v) is 3.62. The first-order chi connectivity index (χ1) is 7.48. The van der Waals surface area contributed by atoms with Gasteiger partial charge in [-0.2, -0.15) is 0 Å². The molecule has 0 aromatic rings. The highest BCUT2D eigenvalue weighted by Gasteiger charge is 2.30. The Kier molecular flexibility index (Phi) is 5.18. The molecule has 1 aliphatic rings. The highest BCUT2D eigenvalue weighted by molar-refractivity contribution is 4.83. The first-order valence-electron chi connectivity index (χ1n) is 6.11. The van der Waals surface area contributed by atoms with Crippen molar-refractivity contribution in [2.24, 2.45) is 11.8 Å². The Morgan fingerprint density at radius 1 is 1.56 bits per heavy atom. The SMILES string of the molecule is COC(C)(C)CCC(NN)C1COC(C)C1. The normalized spacial score (nSPS) is 28.3. The maximum absolute atomic E-state index is 5.62. The number of nitrogens with one attached hydrogen (secondary N) is 1. The van der Waals surface area contributed by atoms with Gasteiger partial charge in [0.1, 0.15) is 0 Å². The quantitative estimate of drug-likeness (QED) is 0.535. The van der Waals surface area contributed by atoms with E-state index in [2.05, 4.69) is 26.2 Å². The second-order valence-electron chi connectivity index (χ2n) is 5.42. The first kappa shape index (κ1) is 13.9. The van der Waals surface area contributed by atoms with Gasteiger partial charge in [-0.25, -0.2) is 0 Å². The molecule has 0 radical (unpaired) electrons. The number of rotatable bonds is 6. The van der Waals surface area contributed by atoms with E-state index < -0.39 is 0 Å². The van der Waals surface area contributed by atoms with Crippen LogP contribution in [0, 0.1) is 5.92 Å². The van der Waals surface area contributed by atoms with Gasteiger partial charge >= 0.3 is 0 Å². The molecule has 1 fully saturated rings. The molecule has 16 heavy (non-hydrogen) atoms. The molecule has 0 aliphatic carbocycles. The number of nitrogens with two attached hydrogens (primary N) is 1. The van der Waals surface area contributed by atoms with Crippen molar-refractivity contribution in [2.45, 2.75) is 57.8 Å². The van der Waals surface area contributed by atoms with Gasteiger partial charge in [-0.1, -0.05) is 0 Å². The van der Waals surface area contributed by atoms with Crippen molar-refractivity contribution >= 4 is 0 Å². The number of hydrogen-bond donors (Lipinski definition) is 2. The summed E-state index contributed by atoms with van der Waals surface area (Å²) in [5, 5.41) is 0. The van der Waals surface area contributed by atoms with Crippen LogP contribution in [-0.2, 0) is 9.47 Å². The average molecular weight is 230 g/mol. The molecule has 0 aromatic heterocycles. The van der Waals surface area contributed by atoms with Gasteiger partial charge in [0.25, 0.3) is 0 Å². The molecule has 3 atom stereocenters. The predicted octanol–water partition coefficient (Wildman–Crippen LogP) is 1.45. The minimum Gasteiger partial charge on any atom is -0.379 e. The van der Waals surface area contributed by atoms with E-state index in [1.165, 1.54) is 0 Å². The molecular weight excluding hydrogens is 204 g/mol. The molecule has 1 aliphatic heterocycles. The van der Waals surface area contributed by atoms with E-state index in [4.69, 9.17) is 15.3 Å². The summed E-state index contributed by atoms with van der Waals surface area (Å²) in [6.45, 7) is 7.15. The molecule has 0 bridgehead atoms. The summed E-state index contributed by atoms with van der Waals surface area (Å²) in [4.78, 5) is 0. The van der Waals surface area contributed by atoms with Crippen LogP contribution in [-0.4, -0.2) is 31.5 Å². The van der Waals surface area contributed by atoms with Crippen LogP contribution < -0.4 is 11.3 Å². The van der Waals surface area contributed by atoms with Crippen LogP contribution in [0.4, 0.5) is 0 Å². The second kappa shape index (κ2) is 5.96. The van der Waals surface area contributed by atoms with E-state index in [-0.39, 0.29) is 5.60 Å². The van der Waals surface area contributed by atoms with Gasteiger partial charge in [0, 0.05) is 19.1 Å². The Morgan fingerprint density at radius 2 is 2.25 bits per heavy atom. The molecule has 1 saturated heterocycles. The summed E-state index contributed by atoms with van der Waals surface area (Å²) in [5.74, 6) is 6.16. The zero-order valence-electron chi connectivity index (χ0n) is 11.0. The predicted molar refractivity (Wildman–Crippen MR) is 65.0 cm³/mol. The van der Waals surface area contributed by atoms with E-state index >= 15 is 0 Å². The standard InChI is InChI=1S/C12H26N2O2/c1-9-7-10(8-16-9)11(14-13)5-6-12(2,3)15-4/h9-11,14H,5-8,13H2,1-4H3. The summed E-state index contributed by atoms with van der Waals surface area (Å²) < 4.78 is 11.0. The molecule has 0 saturated carbocycles. The van der Waals surface area contributed by atoms with E-state index in [0.29, 0.717) is 18.1 Å². The average Bonchev–Trinajstić information content (AvgIpc) is 2.66. The molecule has 3 unspecified atom stereocenters. The van der Waals surface area contributed by atoms with Gasteiger partial charge in [-0.15, -0.1) is 0 Å². The summed E-state index contributed by atoms with van der Waals surface area (Å²) in [6.07, 6.45) is 3.50. The van der Waals surface area contributed by atoms with Gasteiger partial charge in [0.05, 0.1) is 18.3 Å². The van der Waals surface area contributed by atoms with Crippen LogP contribution in [0.1, 0.15) is 40.0 Å². The minimum atomic E-state index is -0.0693. The highest BCUT2D eigenvalue weighted by atomic mass is 16.5. The van der Waals surface area contributed by atoms with Crippen molar-refractivity contribution in [3.8, 4) is 0 Å². The lowest BCUT2D eigenvalue weighted by Gasteiger charge is -2.28. The number of methoxy groups -OCH3 is 1. The number of hydrazine groups is 1. The fourth-order valence-electron chi connectivity index (χ4n) is 2.19. The van der Waals surface area contributed by atoms with E-state index in [1.807, 2.05) is 0 Å². The van der Waals surface area contributed by atoms with Gasteiger partial charge < -0.3 is 9.47 Å². The van der Waals surface area contributed by atoms with Crippen molar-refractivity contribution < 1.29 is 9.47 Å². The highest BCUT2D eigenvalue weighted by Crippen LogP contribution is 2.26. The Morgan fingerprint density at radius 3 is 2.69 bits per heavy atom. The largest absolute Gasteiger partial charge is 0.379 e. The Labute approximate surface area is 98.8 Å². The smallest absolute Gasteiger partial charge is 0.0623 e. The van der Waals surface area contributed by atoms with Gasteiger partial charge in [-0.05, 0) is 40.0 Å². The Bertz CT molecular complexity index is 209. The van der Waals surface area contributed by atoms with Crippen molar-refractivity contribution in [2.75, 3.05) is 13.7 Å². The van der Waals surface area contributed by atoms with Crippen LogP contribution in [0.15, 0.2) is 0 Å². The third-order valence-electron chi connectivity index (χ3n) is 3.62. The zero-order valence-corrected chi connectivity index (χ0v) is 11.0. The monoisotopic (exact) mass is 230 g/mol. The minimum absolute atomic E-state index is 0.0693. The summed E-state index contributed by atoms with van der Waals surface area (Å²) in [5.41, 5.74) is 2.86. The summed E-state index contributed by atoms with van der Waals surface area (Å²) in [7, 11) is 1.76. The lowest BCUT2D eigenvalue weighted by atomic mass is 9.90. The summed E-state index contributed by atoms with van der Waals surface area (Å²) in [6, 6.07) is 0.333. The van der Waals surface area contributed by atoms with Gasteiger partial charge in [-0.3, -0.25) is 11.3 Å². The fourth-order valence-corrected chi connectivity index (χ4v) is 2.19. The first-order valence-corrected chi connectivity index (χ1v) is 6.11. The van der Waals surface area contributed by atoms with E-state index in [9.17, 15) is 0 Å². The second-order valence-corrected chi connectivity index (χ2v) is 5.42. The van der Waals surface area contributed by atoms with Crippen LogP contribution >= 0.6 is 0 Å². The molecule has 3 N–H and O–H groups in total. The lowest BCUT2D eigenvalue weighted by molar-refractivity contribution is 0.00990. The van der Waals surface area contributed by atoms with Crippen LogP contribution in [0.5, 0.6) is 0 Å². The Hall–Kier alpha value is -0.160. The molecule has 0 spiro atoms. The van der Waals surface area contributed by atoms with E-state index in [0.717, 1.165) is 25.9 Å². The third kappa shape index (κ3) is 4.01. The van der Waals surface area contributed by atoms with Crippen LogP contribution in [0.2, 0.25) is 0 Å². The van der Waals surface area contributed by atoms with Crippen molar-refractivity contribution in [1.29, 1.82) is 0 Å². The molecule has 4 nitrogen and oxygen atoms in total. The van der Waals surface area contributed by atoms with Crippen molar-refractivity contribution in [3.63, 3.8) is 0 Å². The molecule has 0 aromatic carbocycles. The van der Waals surface area contributed by atoms with Crippen molar-refractivity contribution in [1.82, 2.24) is 5.43 Å². The fraction of sp³-hybridized carbons (Fsp3) is 1.00. The van der Waals surface area contributed by atoms with Crippen LogP contribution in [0.3, 0.4) is 0 Å². The maximum atomic E-state index is 5.62. The molecule has 1 rings (SSSR count). The zero-order chi connectivity index (χ0) is 12.2. The Balaban J connectivity index is 2.37. The van der Waals surface area contributed by atoms with Crippen LogP contribution in [0.25, 0.3) is 0 Å². The molecule has 96 valence electrons. The lowest BCUT2D eigenvalue weighted by Crippen LogP contribution is -2.42. The maximum Gasteiger partial charge on any atom is 0.0623 e. The topological polar surface area (TPSA) is 56.5 Å².